The summed E-state index contributed by atoms with van der Waals surface area (Å²) in [5.74, 6) is 0.599. The minimum absolute atomic E-state index is 0.216. The van der Waals surface area contributed by atoms with Crippen molar-refractivity contribution in [1.29, 1.82) is 0 Å². The lowest BCUT2D eigenvalue weighted by Crippen LogP contribution is -2.20. The van der Waals surface area contributed by atoms with E-state index in [1.807, 2.05) is 20.8 Å². The summed E-state index contributed by atoms with van der Waals surface area (Å²) in [6, 6.07) is 4.20. The van der Waals surface area contributed by atoms with Crippen LogP contribution in [0.1, 0.15) is 26.3 Å². The normalized spacial score (nSPS) is 13.2. The van der Waals surface area contributed by atoms with E-state index in [4.69, 9.17) is 4.74 Å². The highest BCUT2D eigenvalue weighted by Gasteiger charge is 2.30. The quantitative estimate of drug-likeness (QED) is 0.883. The van der Waals surface area contributed by atoms with Crippen LogP contribution in [-0.2, 0) is 10.9 Å². The standard InChI is InChI=1S/C14H18F3NO2/c1-9(2)10(3)8-20-13(19)18-12-6-4-11(5-7-12)14(15,16)17/h4-7,9-10H,8H2,1-3H3,(H,18,19). The number of halogens is 3. The smallest absolute Gasteiger partial charge is 0.416 e. The summed E-state index contributed by atoms with van der Waals surface area (Å²) in [5, 5.41) is 2.39. The van der Waals surface area contributed by atoms with E-state index >= 15 is 0 Å². The molecular weight excluding hydrogens is 271 g/mol. The van der Waals surface area contributed by atoms with Crippen molar-refractivity contribution in [3.05, 3.63) is 29.8 Å². The molecule has 0 bridgehead atoms. The van der Waals surface area contributed by atoms with Crippen molar-refractivity contribution >= 4 is 11.8 Å². The number of benzene rings is 1. The largest absolute Gasteiger partial charge is 0.449 e. The van der Waals surface area contributed by atoms with E-state index in [9.17, 15) is 18.0 Å². The molecule has 1 atom stereocenters. The molecule has 0 aliphatic heterocycles. The minimum Gasteiger partial charge on any atom is -0.449 e. The highest BCUT2D eigenvalue weighted by molar-refractivity contribution is 5.84. The van der Waals surface area contributed by atoms with Crippen LogP contribution in [0, 0.1) is 11.8 Å². The molecule has 0 aliphatic rings. The van der Waals surface area contributed by atoms with E-state index in [1.54, 1.807) is 0 Å². The zero-order chi connectivity index (χ0) is 15.3. The van der Waals surface area contributed by atoms with Gasteiger partial charge in [-0.1, -0.05) is 20.8 Å². The molecule has 1 unspecified atom stereocenters. The van der Waals surface area contributed by atoms with Crippen molar-refractivity contribution in [3.63, 3.8) is 0 Å². The fourth-order valence-corrected chi connectivity index (χ4v) is 1.30. The third-order valence-electron chi connectivity index (χ3n) is 3.07. The SMILES string of the molecule is CC(C)C(C)COC(=O)Nc1ccc(C(F)(F)F)cc1. The molecule has 1 N–H and O–H groups in total. The molecule has 3 nitrogen and oxygen atoms in total. The molecular formula is C14H18F3NO2. The summed E-state index contributed by atoms with van der Waals surface area (Å²) < 4.78 is 42.1. The zero-order valence-corrected chi connectivity index (χ0v) is 11.6. The van der Waals surface area contributed by atoms with Crippen molar-refractivity contribution in [2.45, 2.75) is 26.9 Å². The van der Waals surface area contributed by atoms with Gasteiger partial charge in [-0.3, -0.25) is 5.32 Å². The Morgan fingerprint density at radius 3 is 2.20 bits per heavy atom. The van der Waals surface area contributed by atoms with E-state index in [0.29, 0.717) is 5.92 Å². The number of carbonyl (C=O) groups excluding carboxylic acids is 1. The van der Waals surface area contributed by atoms with Gasteiger partial charge in [0.2, 0.25) is 0 Å². The minimum atomic E-state index is -4.38. The Hall–Kier alpha value is -1.72. The van der Waals surface area contributed by atoms with E-state index in [0.717, 1.165) is 12.1 Å². The molecule has 1 rings (SSSR count). The lowest BCUT2D eigenvalue weighted by Gasteiger charge is -2.15. The van der Waals surface area contributed by atoms with E-state index < -0.39 is 17.8 Å². The summed E-state index contributed by atoms with van der Waals surface area (Å²) in [7, 11) is 0. The van der Waals surface area contributed by atoms with Crippen LogP contribution in [0.4, 0.5) is 23.7 Å². The Morgan fingerprint density at radius 2 is 1.75 bits per heavy atom. The van der Waals surface area contributed by atoms with Crippen LogP contribution in [-0.4, -0.2) is 12.7 Å². The van der Waals surface area contributed by atoms with Crippen LogP contribution in [0.25, 0.3) is 0 Å². The lowest BCUT2D eigenvalue weighted by molar-refractivity contribution is -0.137. The molecule has 0 aliphatic carbocycles. The summed E-state index contributed by atoms with van der Waals surface area (Å²) in [6.07, 6.45) is -5.05. The number of rotatable bonds is 4. The fraction of sp³-hybridized carbons (Fsp3) is 0.500. The second kappa shape index (κ2) is 6.63. The molecule has 0 radical (unpaired) electrons. The van der Waals surface area contributed by atoms with Gasteiger partial charge in [-0.05, 0) is 36.1 Å². The van der Waals surface area contributed by atoms with E-state index in [2.05, 4.69) is 5.32 Å². The fourth-order valence-electron chi connectivity index (χ4n) is 1.30. The summed E-state index contributed by atoms with van der Waals surface area (Å²) >= 11 is 0. The Bertz CT molecular complexity index is 441. The van der Waals surface area contributed by atoms with Crippen LogP contribution in [0.2, 0.25) is 0 Å². The zero-order valence-electron chi connectivity index (χ0n) is 11.6. The number of hydrogen-bond donors (Lipinski definition) is 1. The van der Waals surface area contributed by atoms with Gasteiger partial charge >= 0.3 is 12.3 Å². The predicted molar refractivity (Wildman–Crippen MR) is 70.4 cm³/mol. The molecule has 0 saturated heterocycles. The monoisotopic (exact) mass is 289 g/mol. The number of ether oxygens (including phenoxy) is 1. The molecule has 112 valence electrons. The first-order valence-electron chi connectivity index (χ1n) is 6.31. The molecule has 20 heavy (non-hydrogen) atoms. The first-order valence-corrected chi connectivity index (χ1v) is 6.31. The van der Waals surface area contributed by atoms with Gasteiger partial charge in [-0.2, -0.15) is 13.2 Å². The van der Waals surface area contributed by atoms with Crippen molar-refractivity contribution in [2.75, 3.05) is 11.9 Å². The number of anilines is 1. The molecule has 1 amide bonds. The third-order valence-corrected chi connectivity index (χ3v) is 3.07. The third kappa shape index (κ3) is 5.11. The van der Waals surface area contributed by atoms with Crippen molar-refractivity contribution in [1.82, 2.24) is 0 Å². The summed E-state index contributed by atoms with van der Waals surface area (Å²) in [4.78, 5) is 11.5. The van der Waals surface area contributed by atoms with Crippen LogP contribution < -0.4 is 5.32 Å². The number of amides is 1. The highest BCUT2D eigenvalue weighted by atomic mass is 19.4. The molecule has 1 aromatic rings. The van der Waals surface area contributed by atoms with Gasteiger partial charge < -0.3 is 4.74 Å². The maximum absolute atomic E-state index is 12.4. The summed E-state index contributed by atoms with van der Waals surface area (Å²) in [5.41, 5.74) is -0.495. The van der Waals surface area contributed by atoms with Gasteiger partial charge in [-0.15, -0.1) is 0 Å². The van der Waals surface area contributed by atoms with Gasteiger partial charge in [0.15, 0.2) is 0 Å². The predicted octanol–water partition coefficient (Wildman–Crippen LogP) is 4.55. The molecule has 0 spiro atoms. The van der Waals surface area contributed by atoms with E-state index in [1.165, 1.54) is 12.1 Å². The Balaban J connectivity index is 2.51. The average molecular weight is 289 g/mol. The number of carbonyl (C=O) groups is 1. The Kier molecular flexibility index (Phi) is 5.42. The second-order valence-corrected chi connectivity index (χ2v) is 5.02. The van der Waals surface area contributed by atoms with Crippen molar-refractivity contribution in [2.24, 2.45) is 11.8 Å². The Morgan fingerprint density at radius 1 is 1.20 bits per heavy atom. The first-order chi connectivity index (χ1) is 9.20. The Labute approximate surface area is 116 Å². The second-order valence-electron chi connectivity index (χ2n) is 5.02. The topological polar surface area (TPSA) is 38.3 Å². The average Bonchev–Trinajstić information content (AvgIpc) is 2.35. The molecule has 0 aromatic heterocycles. The number of nitrogens with one attached hydrogen (secondary N) is 1. The van der Waals surface area contributed by atoms with Gasteiger partial charge in [0.1, 0.15) is 0 Å². The molecule has 0 fully saturated rings. The van der Waals surface area contributed by atoms with Crippen molar-refractivity contribution in [3.8, 4) is 0 Å². The van der Waals surface area contributed by atoms with Gasteiger partial charge in [-0.25, -0.2) is 4.79 Å². The number of hydrogen-bond acceptors (Lipinski definition) is 2. The molecule has 0 saturated carbocycles. The summed E-state index contributed by atoms with van der Waals surface area (Å²) in [6.45, 7) is 6.25. The van der Waals surface area contributed by atoms with Gasteiger partial charge in [0.25, 0.3) is 0 Å². The van der Waals surface area contributed by atoms with Crippen LogP contribution in [0.15, 0.2) is 24.3 Å². The highest BCUT2D eigenvalue weighted by Crippen LogP contribution is 2.29. The van der Waals surface area contributed by atoms with E-state index in [-0.39, 0.29) is 18.2 Å². The molecule has 1 aromatic carbocycles. The van der Waals surface area contributed by atoms with Crippen LogP contribution in [0.3, 0.4) is 0 Å². The number of alkyl halides is 3. The van der Waals surface area contributed by atoms with Gasteiger partial charge in [0, 0.05) is 5.69 Å². The molecule has 0 heterocycles. The first kappa shape index (κ1) is 16.3. The maximum atomic E-state index is 12.4. The van der Waals surface area contributed by atoms with Crippen LogP contribution >= 0.6 is 0 Å². The lowest BCUT2D eigenvalue weighted by atomic mass is 10.00. The molecule has 6 heteroatoms. The van der Waals surface area contributed by atoms with Crippen molar-refractivity contribution < 1.29 is 22.7 Å². The maximum Gasteiger partial charge on any atom is 0.416 e. The van der Waals surface area contributed by atoms with Gasteiger partial charge in [0.05, 0.1) is 12.2 Å². The van der Waals surface area contributed by atoms with Crippen LogP contribution in [0.5, 0.6) is 0 Å².